The van der Waals surface area contributed by atoms with Crippen LogP contribution >= 0.6 is 0 Å². The third-order valence-corrected chi connectivity index (χ3v) is 4.32. The Morgan fingerprint density at radius 3 is 3.00 bits per heavy atom. The van der Waals surface area contributed by atoms with Gasteiger partial charge in [-0.15, -0.1) is 0 Å². The fourth-order valence-electron chi connectivity index (χ4n) is 3.48. The lowest BCUT2D eigenvalue weighted by Gasteiger charge is -1.96. The highest BCUT2D eigenvalue weighted by Crippen LogP contribution is 2.34. The van der Waals surface area contributed by atoms with Crippen molar-refractivity contribution in [3.8, 4) is 11.4 Å². The Morgan fingerprint density at radius 2 is 2.05 bits per heavy atom. The third kappa shape index (κ3) is 1.04. The zero-order valence-corrected chi connectivity index (χ0v) is 11.1. The van der Waals surface area contributed by atoms with Crippen LogP contribution in [0.2, 0.25) is 0 Å². The van der Waals surface area contributed by atoms with E-state index in [9.17, 15) is 0 Å². The molecule has 4 nitrogen and oxygen atoms in total. The maximum atomic E-state index is 4.19. The van der Waals surface area contributed by atoms with E-state index in [2.05, 4.69) is 62.1 Å². The van der Waals surface area contributed by atoms with Gasteiger partial charge >= 0.3 is 0 Å². The number of fused-ring (bicyclic) bond motifs is 7. The standard InChI is InChI=1S/C16H13N4/c1-18-15-13-6-7-17-10-19(13)9-14(15)20-8-11-4-2-3-5-12(11)16(18)20/h2-7,9-10H,8H2,1H3/q+1. The topological polar surface area (TPSA) is 26.1 Å². The van der Waals surface area contributed by atoms with E-state index in [1.54, 1.807) is 0 Å². The number of aromatic nitrogens is 4. The van der Waals surface area contributed by atoms with E-state index in [0.717, 1.165) is 6.54 Å². The molecular formula is C16H13N4+. The lowest BCUT2D eigenvalue weighted by atomic mass is 10.1. The van der Waals surface area contributed by atoms with Gasteiger partial charge in [0.1, 0.15) is 6.54 Å². The van der Waals surface area contributed by atoms with E-state index in [-0.39, 0.29) is 0 Å². The van der Waals surface area contributed by atoms with E-state index in [1.165, 1.54) is 33.5 Å². The van der Waals surface area contributed by atoms with Crippen molar-refractivity contribution in [3.05, 3.63) is 54.6 Å². The van der Waals surface area contributed by atoms with Crippen LogP contribution in [0.4, 0.5) is 0 Å². The van der Waals surface area contributed by atoms with E-state index < -0.39 is 0 Å². The van der Waals surface area contributed by atoms with Crippen molar-refractivity contribution >= 4 is 16.6 Å². The molecule has 0 spiro atoms. The Balaban J connectivity index is 1.98. The van der Waals surface area contributed by atoms with Gasteiger partial charge in [0.2, 0.25) is 0 Å². The fraction of sp³-hybridized carbons (Fsp3) is 0.125. The summed E-state index contributed by atoms with van der Waals surface area (Å²) in [5.74, 6) is 1.30. The quantitative estimate of drug-likeness (QED) is 0.392. The van der Waals surface area contributed by atoms with Crippen LogP contribution in [0.1, 0.15) is 5.56 Å². The Bertz CT molecular complexity index is 990. The zero-order valence-electron chi connectivity index (χ0n) is 11.1. The molecule has 0 saturated heterocycles. The zero-order chi connectivity index (χ0) is 13.3. The molecule has 0 atom stereocenters. The first-order valence-corrected chi connectivity index (χ1v) is 6.76. The predicted octanol–water partition coefficient (Wildman–Crippen LogP) is 2.14. The molecule has 0 bridgehead atoms. The van der Waals surface area contributed by atoms with Crippen molar-refractivity contribution in [1.82, 2.24) is 14.0 Å². The lowest BCUT2D eigenvalue weighted by Crippen LogP contribution is -2.29. The normalized spacial score (nSPS) is 13.1. The van der Waals surface area contributed by atoms with Crippen molar-refractivity contribution in [2.45, 2.75) is 6.54 Å². The molecule has 0 fully saturated rings. The Kier molecular flexibility index (Phi) is 1.67. The summed E-state index contributed by atoms with van der Waals surface area (Å²) in [6.45, 7) is 0.952. The Hall–Kier alpha value is -2.62. The second-order valence-corrected chi connectivity index (χ2v) is 5.36. The Morgan fingerprint density at radius 1 is 1.15 bits per heavy atom. The highest BCUT2D eigenvalue weighted by molar-refractivity contribution is 5.91. The first-order valence-electron chi connectivity index (χ1n) is 6.76. The number of hydrogen-bond donors (Lipinski definition) is 0. The number of hydrogen-bond acceptors (Lipinski definition) is 1. The van der Waals surface area contributed by atoms with Gasteiger partial charge in [0.15, 0.2) is 11.0 Å². The monoisotopic (exact) mass is 261 g/mol. The molecule has 1 aromatic carbocycles. The van der Waals surface area contributed by atoms with Gasteiger partial charge in [-0.05, 0) is 12.1 Å². The van der Waals surface area contributed by atoms with Gasteiger partial charge < -0.3 is 0 Å². The number of nitrogens with zero attached hydrogens (tertiary/aromatic N) is 4. The summed E-state index contributed by atoms with van der Waals surface area (Å²) >= 11 is 0. The van der Waals surface area contributed by atoms with Crippen LogP contribution in [0.5, 0.6) is 0 Å². The van der Waals surface area contributed by atoms with Crippen molar-refractivity contribution in [3.63, 3.8) is 0 Å². The number of rotatable bonds is 0. The second-order valence-electron chi connectivity index (χ2n) is 5.36. The van der Waals surface area contributed by atoms with E-state index in [4.69, 9.17) is 0 Å². The van der Waals surface area contributed by atoms with E-state index >= 15 is 0 Å². The predicted molar refractivity (Wildman–Crippen MR) is 76.4 cm³/mol. The molecule has 0 radical (unpaired) electrons. The third-order valence-electron chi connectivity index (χ3n) is 4.32. The van der Waals surface area contributed by atoms with Gasteiger partial charge in [-0.1, -0.05) is 18.2 Å². The van der Waals surface area contributed by atoms with Gasteiger partial charge in [0.25, 0.3) is 5.82 Å². The summed E-state index contributed by atoms with van der Waals surface area (Å²) in [4.78, 5) is 4.19. The summed E-state index contributed by atoms with van der Waals surface area (Å²) in [7, 11) is 2.15. The molecule has 1 aliphatic rings. The van der Waals surface area contributed by atoms with Gasteiger partial charge in [0.05, 0.1) is 30.7 Å². The molecule has 0 saturated carbocycles. The summed E-state index contributed by atoms with van der Waals surface area (Å²) in [6.07, 6.45) is 5.89. The molecule has 4 heterocycles. The summed E-state index contributed by atoms with van der Waals surface area (Å²) in [5, 5.41) is 0. The minimum absolute atomic E-state index is 0.952. The summed E-state index contributed by atoms with van der Waals surface area (Å²) in [6, 6.07) is 10.7. The van der Waals surface area contributed by atoms with Crippen LogP contribution < -0.4 is 4.57 Å². The van der Waals surface area contributed by atoms with Gasteiger partial charge in [0, 0.05) is 11.8 Å². The molecule has 5 rings (SSSR count). The van der Waals surface area contributed by atoms with Crippen LogP contribution in [0, 0.1) is 0 Å². The number of imidazole rings is 1. The first kappa shape index (κ1) is 10.2. The molecule has 20 heavy (non-hydrogen) atoms. The summed E-state index contributed by atoms with van der Waals surface area (Å²) < 4.78 is 6.80. The van der Waals surface area contributed by atoms with Crippen LogP contribution in [0.3, 0.4) is 0 Å². The number of aryl methyl sites for hydroxylation is 1. The lowest BCUT2D eigenvalue weighted by molar-refractivity contribution is -0.633. The van der Waals surface area contributed by atoms with Crippen molar-refractivity contribution in [2.75, 3.05) is 0 Å². The number of benzene rings is 1. The van der Waals surface area contributed by atoms with Gasteiger partial charge in [-0.25, -0.2) is 14.1 Å². The highest BCUT2D eigenvalue weighted by atomic mass is 15.2. The highest BCUT2D eigenvalue weighted by Gasteiger charge is 2.33. The maximum Gasteiger partial charge on any atom is 0.290 e. The largest absolute Gasteiger partial charge is 0.299 e. The molecule has 4 heteroatoms. The Labute approximate surface area is 115 Å². The molecular weight excluding hydrogens is 248 g/mol. The van der Waals surface area contributed by atoms with Crippen molar-refractivity contribution in [2.24, 2.45) is 7.05 Å². The van der Waals surface area contributed by atoms with Crippen LogP contribution in [0.25, 0.3) is 27.9 Å². The second kappa shape index (κ2) is 3.28. The van der Waals surface area contributed by atoms with Gasteiger partial charge in [-0.3, -0.25) is 4.40 Å². The molecule has 96 valence electrons. The maximum absolute atomic E-state index is 4.19. The molecule has 0 aliphatic carbocycles. The minimum Gasteiger partial charge on any atom is -0.299 e. The van der Waals surface area contributed by atoms with Crippen LogP contribution in [0.15, 0.2) is 49.1 Å². The van der Waals surface area contributed by atoms with Crippen LogP contribution in [-0.4, -0.2) is 14.0 Å². The average molecular weight is 261 g/mol. The average Bonchev–Trinajstić information content (AvgIpc) is 3.10. The molecule has 0 N–H and O–H groups in total. The molecule has 0 amide bonds. The van der Waals surface area contributed by atoms with Crippen LogP contribution in [-0.2, 0) is 13.6 Å². The summed E-state index contributed by atoms with van der Waals surface area (Å²) in [5.41, 5.74) is 6.49. The smallest absolute Gasteiger partial charge is 0.290 e. The van der Waals surface area contributed by atoms with E-state index in [1.807, 2.05) is 12.5 Å². The fourth-order valence-corrected chi connectivity index (χ4v) is 3.48. The molecule has 0 unspecified atom stereocenters. The van der Waals surface area contributed by atoms with Crippen molar-refractivity contribution < 1.29 is 4.57 Å². The SMILES string of the molecule is C[n+]1c2n(c3cn4cnccc4c31)Cc1ccccc1-2. The molecule has 3 aromatic heterocycles. The van der Waals surface area contributed by atoms with Crippen molar-refractivity contribution in [1.29, 1.82) is 0 Å². The molecule has 4 aromatic rings. The minimum atomic E-state index is 0.952. The van der Waals surface area contributed by atoms with E-state index in [0.29, 0.717) is 0 Å². The molecule has 1 aliphatic heterocycles. The van der Waals surface area contributed by atoms with Gasteiger partial charge in [-0.2, -0.15) is 0 Å². The first-order chi connectivity index (χ1) is 9.84.